The average Bonchev–Trinajstić information content (AvgIpc) is 3.35. The number of ketones is 1. The van der Waals surface area contributed by atoms with Gasteiger partial charge in [-0.25, -0.2) is 0 Å². The molecule has 0 unspecified atom stereocenters. The molecule has 31 heavy (non-hydrogen) atoms. The van der Waals surface area contributed by atoms with Gasteiger partial charge in [-0.15, -0.1) is 10.2 Å². The van der Waals surface area contributed by atoms with Crippen LogP contribution in [-0.4, -0.2) is 32.2 Å². The van der Waals surface area contributed by atoms with Gasteiger partial charge in [-0.1, -0.05) is 39.5 Å². The van der Waals surface area contributed by atoms with Crippen molar-refractivity contribution in [3.8, 4) is 11.6 Å². The Hall–Kier alpha value is -2.87. The Morgan fingerprint density at radius 3 is 2.42 bits per heavy atom. The first-order valence-corrected chi connectivity index (χ1v) is 11.3. The van der Waals surface area contributed by atoms with Crippen molar-refractivity contribution in [1.82, 2.24) is 14.8 Å². The van der Waals surface area contributed by atoms with Crippen LogP contribution in [0.4, 0.5) is 5.69 Å². The highest BCUT2D eigenvalue weighted by Gasteiger charge is 2.18. The zero-order chi connectivity index (χ0) is 22.4. The van der Waals surface area contributed by atoms with Crippen LogP contribution in [0.2, 0.25) is 0 Å². The number of nitrogens with one attached hydrogen (secondary N) is 1. The molecule has 0 aliphatic carbocycles. The Balaban J connectivity index is 1.65. The van der Waals surface area contributed by atoms with Crippen LogP contribution in [-0.2, 0) is 11.3 Å². The topological polar surface area (TPSA) is 90.0 Å². The van der Waals surface area contributed by atoms with Crippen LogP contribution in [0.3, 0.4) is 0 Å². The molecule has 1 amide bonds. The first-order chi connectivity index (χ1) is 14.8. The molecule has 2 aromatic heterocycles. The lowest BCUT2D eigenvalue weighted by Gasteiger charge is -2.11. The molecular formula is C23H28N4O3S. The summed E-state index contributed by atoms with van der Waals surface area (Å²) < 4.78 is 7.48. The molecular weight excluding hydrogens is 412 g/mol. The van der Waals surface area contributed by atoms with Crippen LogP contribution in [0.25, 0.3) is 11.6 Å². The number of aromatic nitrogens is 3. The van der Waals surface area contributed by atoms with E-state index in [0.717, 1.165) is 6.54 Å². The van der Waals surface area contributed by atoms with E-state index in [1.54, 1.807) is 30.5 Å². The van der Waals surface area contributed by atoms with Gasteiger partial charge in [0.15, 0.2) is 22.5 Å². The number of nitrogens with zero attached hydrogens (tertiary/aromatic N) is 3. The molecule has 0 saturated heterocycles. The molecule has 0 fully saturated rings. The van der Waals surface area contributed by atoms with Crippen molar-refractivity contribution in [2.24, 2.45) is 11.8 Å². The quantitative estimate of drug-likeness (QED) is 0.346. The van der Waals surface area contributed by atoms with E-state index in [1.807, 2.05) is 30.5 Å². The smallest absolute Gasteiger partial charge is 0.224 e. The molecule has 3 rings (SSSR count). The molecule has 0 aliphatic heterocycles. The maximum Gasteiger partial charge on any atom is 0.224 e. The first kappa shape index (κ1) is 22.8. The van der Waals surface area contributed by atoms with Crippen molar-refractivity contribution in [3.05, 3.63) is 48.2 Å². The summed E-state index contributed by atoms with van der Waals surface area (Å²) in [5.74, 6) is 2.21. The Labute approximate surface area is 186 Å². The van der Waals surface area contributed by atoms with Gasteiger partial charge in [0.25, 0.3) is 0 Å². The van der Waals surface area contributed by atoms with Crippen LogP contribution in [0.15, 0.2) is 52.2 Å². The van der Waals surface area contributed by atoms with E-state index in [-0.39, 0.29) is 17.4 Å². The Bertz CT molecular complexity index is 1010. The number of carbonyl (C=O) groups is 2. The van der Waals surface area contributed by atoms with Gasteiger partial charge in [0.1, 0.15) is 0 Å². The second kappa shape index (κ2) is 10.4. The maximum absolute atomic E-state index is 12.7. The first-order valence-electron chi connectivity index (χ1n) is 10.4. The predicted octanol–water partition coefficient (Wildman–Crippen LogP) is 5.15. The fourth-order valence-electron chi connectivity index (χ4n) is 3.05. The van der Waals surface area contributed by atoms with Crippen molar-refractivity contribution in [2.75, 3.05) is 11.1 Å². The molecule has 1 N–H and O–H groups in total. The van der Waals surface area contributed by atoms with Crippen LogP contribution in [0, 0.1) is 11.8 Å². The van der Waals surface area contributed by atoms with Gasteiger partial charge >= 0.3 is 0 Å². The number of hydrogen-bond acceptors (Lipinski definition) is 6. The largest absolute Gasteiger partial charge is 0.461 e. The summed E-state index contributed by atoms with van der Waals surface area (Å²) in [6, 6.07) is 10.7. The van der Waals surface area contributed by atoms with E-state index >= 15 is 0 Å². The zero-order valence-corrected chi connectivity index (χ0v) is 19.1. The molecule has 0 atom stereocenters. The monoisotopic (exact) mass is 440 g/mol. The van der Waals surface area contributed by atoms with Crippen molar-refractivity contribution in [3.63, 3.8) is 0 Å². The molecule has 164 valence electrons. The Morgan fingerprint density at radius 1 is 1.06 bits per heavy atom. The number of Topliss-reactive ketones (excluding diaryl/α,β-unsaturated/α-hetero) is 1. The number of hydrogen-bond donors (Lipinski definition) is 1. The van der Waals surface area contributed by atoms with E-state index in [9.17, 15) is 9.59 Å². The van der Waals surface area contributed by atoms with Crippen LogP contribution < -0.4 is 5.32 Å². The summed E-state index contributed by atoms with van der Waals surface area (Å²) in [6.45, 7) is 8.96. The Morgan fingerprint density at radius 2 is 1.81 bits per heavy atom. The van der Waals surface area contributed by atoms with Crippen molar-refractivity contribution in [2.45, 2.75) is 45.8 Å². The molecule has 0 radical (unpaired) electrons. The minimum absolute atomic E-state index is 0.0105. The Kier molecular flexibility index (Phi) is 7.68. The van der Waals surface area contributed by atoms with Crippen molar-refractivity contribution in [1.29, 1.82) is 0 Å². The highest BCUT2D eigenvalue weighted by molar-refractivity contribution is 7.99. The van der Waals surface area contributed by atoms with E-state index < -0.39 is 0 Å². The molecule has 7 nitrogen and oxygen atoms in total. The normalized spacial score (nSPS) is 11.3. The number of anilines is 1. The minimum atomic E-state index is -0.0264. The number of furan rings is 1. The highest BCUT2D eigenvalue weighted by atomic mass is 32.2. The molecule has 3 aromatic rings. The molecule has 0 spiro atoms. The van der Waals surface area contributed by atoms with E-state index in [0.29, 0.717) is 46.2 Å². The summed E-state index contributed by atoms with van der Waals surface area (Å²) >= 11 is 1.36. The molecule has 8 heteroatoms. The van der Waals surface area contributed by atoms with Crippen LogP contribution in [0.1, 0.15) is 44.5 Å². The van der Waals surface area contributed by atoms with E-state index in [1.165, 1.54) is 11.8 Å². The van der Waals surface area contributed by atoms with Crippen molar-refractivity contribution >= 4 is 29.1 Å². The van der Waals surface area contributed by atoms with E-state index in [2.05, 4.69) is 29.4 Å². The summed E-state index contributed by atoms with van der Waals surface area (Å²) in [5.41, 5.74) is 1.28. The molecule has 0 saturated carbocycles. The second-order valence-electron chi connectivity index (χ2n) is 8.22. The third-order valence-electron chi connectivity index (χ3n) is 4.42. The molecule has 0 bridgehead atoms. The average molecular weight is 441 g/mol. The van der Waals surface area contributed by atoms with Gasteiger partial charge in [0, 0.05) is 24.2 Å². The summed E-state index contributed by atoms with van der Waals surface area (Å²) in [7, 11) is 0. The summed E-state index contributed by atoms with van der Waals surface area (Å²) in [4.78, 5) is 24.6. The molecule has 1 aromatic carbocycles. The minimum Gasteiger partial charge on any atom is -0.461 e. The lowest BCUT2D eigenvalue weighted by molar-refractivity contribution is -0.116. The van der Waals surface area contributed by atoms with E-state index in [4.69, 9.17) is 4.42 Å². The molecule has 2 heterocycles. The SMILES string of the molecule is CC(C)CC(=O)Nc1ccc(C(=O)CSc2nnc(-c3ccco3)n2CC(C)C)cc1. The fourth-order valence-corrected chi connectivity index (χ4v) is 3.89. The van der Waals surface area contributed by atoms with Crippen LogP contribution >= 0.6 is 11.8 Å². The second-order valence-corrected chi connectivity index (χ2v) is 9.17. The van der Waals surface area contributed by atoms with Gasteiger partial charge in [0.05, 0.1) is 12.0 Å². The highest BCUT2D eigenvalue weighted by Crippen LogP contribution is 2.26. The number of benzene rings is 1. The van der Waals surface area contributed by atoms with Gasteiger partial charge in [-0.2, -0.15) is 0 Å². The van der Waals surface area contributed by atoms with Gasteiger partial charge in [-0.05, 0) is 48.2 Å². The third kappa shape index (κ3) is 6.30. The zero-order valence-electron chi connectivity index (χ0n) is 18.3. The molecule has 0 aliphatic rings. The lowest BCUT2D eigenvalue weighted by atomic mass is 10.1. The third-order valence-corrected chi connectivity index (χ3v) is 5.39. The van der Waals surface area contributed by atoms with Crippen LogP contribution in [0.5, 0.6) is 0 Å². The lowest BCUT2D eigenvalue weighted by Crippen LogP contribution is -2.14. The predicted molar refractivity (Wildman–Crippen MR) is 122 cm³/mol. The van der Waals surface area contributed by atoms with Gasteiger partial charge in [-0.3, -0.25) is 14.2 Å². The standard InChI is InChI=1S/C23H28N4O3S/c1-15(2)12-21(29)24-18-9-7-17(8-10-18)19(28)14-31-23-26-25-22(20-6-5-11-30-20)27(23)13-16(3)4/h5-11,15-16H,12-14H2,1-4H3,(H,24,29). The summed E-state index contributed by atoms with van der Waals surface area (Å²) in [6.07, 6.45) is 2.07. The maximum atomic E-state index is 12.7. The number of carbonyl (C=O) groups excluding carboxylic acids is 2. The fraction of sp³-hybridized carbons (Fsp3) is 0.391. The summed E-state index contributed by atoms with van der Waals surface area (Å²) in [5, 5.41) is 12.1. The van der Waals surface area contributed by atoms with Gasteiger partial charge < -0.3 is 9.73 Å². The number of rotatable bonds is 10. The number of amides is 1. The number of thioether (sulfide) groups is 1. The van der Waals surface area contributed by atoms with Crippen molar-refractivity contribution < 1.29 is 14.0 Å². The van der Waals surface area contributed by atoms with Gasteiger partial charge in [0.2, 0.25) is 5.91 Å².